The van der Waals surface area contributed by atoms with Crippen LogP contribution in [0.2, 0.25) is 0 Å². The molecule has 3 nitrogen and oxygen atoms in total. The van der Waals surface area contributed by atoms with Gasteiger partial charge in [0.15, 0.2) is 11.6 Å². The Bertz CT molecular complexity index is 551. The van der Waals surface area contributed by atoms with Crippen molar-refractivity contribution in [3.05, 3.63) is 53.6 Å². The number of nitrogens with two attached hydrogens (primary N) is 1. The second kappa shape index (κ2) is 5.93. The molecule has 19 heavy (non-hydrogen) atoms. The zero-order chi connectivity index (χ0) is 13.8. The van der Waals surface area contributed by atoms with E-state index in [2.05, 4.69) is 4.98 Å². The van der Waals surface area contributed by atoms with Gasteiger partial charge in [0.1, 0.15) is 5.82 Å². The highest BCUT2D eigenvalue weighted by molar-refractivity contribution is 5.20. The van der Waals surface area contributed by atoms with Crippen LogP contribution in [0.25, 0.3) is 0 Å². The molecule has 1 atom stereocenters. The third kappa shape index (κ3) is 3.38. The van der Waals surface area contributed by atoms with E-state index in [4.69, 9.17) is 5.73 Å². The molecular weight excluding hydrogens is 248 g/mol. The molecule has 1 aromatic heterocycles. The van der Waals surface area contributed by atoms with E-state index in [0.717, 1.165) is 18.3 Å². The van der Waals surface area contributed by atoms with E-state index in [-0.39, 0.29) is 6.04 Å². The van der Waals surface area contributed by atoms with Crippen molar-refractivity contribution in [2.45, 2.75) is 25.3 Å². The molecule has 0 spiro atoms. The van der Waals surface area contributed by atoms with Gasteiger partial charge >= 0.3 is 0 Å². The van der Waals surface area contributed by atoms with Crippen molar-refractivity contribution in [3.63, 3.8) is 0 Å². The highest BCUT2D eigenvalue weighted by Crippen LogP contribution is 2.14. The van der Waals surface area contributed by atoms with Crippen molar-refractivity contribution in [1.82, 2.24) is 9.55 Å². The minimum atomic E-state index is -0.825. The first-order valence-corrected chi connectivity index (χ1v) is 6.22. The van der Waals surface area contributed by atoms with Crippen LogP contribution < -0.4 is 5.73 Å². The summed E-state index contributed by atoms with van der Waals surface area (Å²) in [5, 5.41) is 0. The lowest BCUT2D eigenvalue weighted by atomic mass is 10.0. The fourth-order valence-corrected chi connectivity index (χ4v) is 2.04. The second-order valence-electron chi connectivity index (χ2n) is 4.67. The number of hydrogen-bond acceptors (Lipinski definition) is 2. The Balaban J connectivity index is 1.92. The maximum Gasteiger partial charge on any atom is 0.162 e. The van der Waals surface area contributed by atoms with Crippen molar-refractivity contribution in [1.29, 1.82) is 0 Å². The standard InChI is InChI=1S/C14H17F2N3/c1-19-8-7-18-13(19)6-5-11(17)9-10-3-2-4-12(15)14(10)16/h2-4,7-8,11H,5-6,9,17H2,1H3. The van der Waals surface area contributed by atoms with Crippen LogP contribution in [0.15, 0.2) is 30.6 Å². The maximum absolute atomic E-state index is 13.5. The van der Waals surface area contributed by atoms with E-state index in [1.165, 1.54) is 6.07 Å². The first-order chi connectivity index (χ1) is 9.08. The van der Waals surface area contributed by atoms with Crippen LogP contribution in [0.3, 0.4) is 0 Å². The molecule has 0 aliphatic heterocycles. The first-order valence-electron chi connectivity index (χ1n) is 6.22. The summed E-state index contributed by atoms with van der Waals surface area (Å²) in [7, 11) is 1.92. The van der Waals surface area contributed by atoms with Gasteiger partial charge in [-0.2, -0.15) is 0 Å². The van der Waals surface area contributed by atoms with Crippen molar-refractivity contribution in [3.8, 4) is 0 Å². The second-order valence-corrected chi connectivity index (χ2v) is 4.67. The summed E-state index contributed by atoms with van der Waals surface area (Å²) in [6.45, 7) is 0. The smallest absolute Gasteiger partial charge is 0.162 e. The summed E-state index contributed by atoms with van der Waals surface area (Å²) in [4.78, 5) is 4.20. The van der Waals surface area contributed by atoms with Gasteiger partial charge in [0.25, 0.3) is 0 Å². The Morgan fingerprint density at radius 2 is 2.16 bits per heavy atom. The van der Waals surface area contributed by atoms with Crippen molar-refractivity contribution in [2.75, 3.05) is 0 Å². The van der Waals surface area contributed by atoms with Crippen LogP contribution >= 0.6 is 0 Å². The van der Waals surface area contributed by atoms with Gasteiger partial charge in [0.05, 0.1) is 0 Å². The van der Waals surface area contributed by atoms with Crippen LogP contribution in [0.1, 0.15) is 17.8 Å². The number of hydrogen-bond donors (Lipinski definition) is 1. The summed E-state index contributed by atoms with van der Waals surface area (Å²) in [5.41, 5.74) is 6.29. The van der Waals surface area contributed by atoms with E-state index in [9.17, 15) is 8.78 Å². The summed E-state index contributed by atoms with van der Waals surface area (Å²) in [6, 6.07) is 3.96. The zero-order valence-corrected chi connectivity index (χ0v) is 10.8. The van der Waals surface area contributed by atoms with Gasteiger partial charge in [-0.1, -0.05) is 12.1 Å². The number of aryl methyl sites for hydroxylation is 2. The van der Waals surface area contributed by atoms with Crippen molar-refractivity contribution in [2.24, 2.45) is 12.8 Å². The molecule has 5 heteroatoms. The van der Waals surface area contributed by atoms with Crippen LogP contribution in [-0.4, -0.2) is 15.6 Å². The molecular formula is C14H17F2N3. The average molecular weight is 265 g/mol. The normalized spacial score (nSPS) is 12.6. The molecule has 0 radical (unpaired) electrons. The fraction of sp³-hybridized carbons (Fsp3) is 0.357. The Labute approximate surface area is 111 Å². The molecule has 2 rings (SSSR count). The molecule has 102 valence electrons. The Hall–Kier alpha value is -1.75. The third-order valence-electron chi connectivity index (χ3n) is 3.17. The highest BCUT2D eigenvalue weighted by Gasteiger charge is 2.12. The molecule has 1 heterocycles. The molecule has 0 fully saturated rings. The molecule has 0 saturated heterocycles. The number of aromatic nitrogens is 2. The number of imidazole rings is 1. The van der Waals surface area contributed by atoms with Crippen LogP contribution in [0.5, 0.6) is 0 Å². The van der Waals surface area contributed by atoms with Crippen LogP contribution in [-0.2, 0) is 19.9 Å². The molecule has 0 bridgehead atoms. The Kier molecular flexibility index (Phi) is 4.27. The molecule has 1 aromatic carbocycles. The fourth-order valence-electron chi connectivity index (χ4n) is 2.04. The van der Waals surface area contributed by atoms with Crippen LogP contribution in [0.4, 0.5) is 8.78 Å². The molecule has 0 aliphatic rings. The van der Waals surface area contributed by atoms with Gasteiger partial charge < -0.3 is 10.3 Å². The van der Waals surface area contributed by atoms with Gasteiger partial charge in [-0.25, -0.2) is 13.8 Å². The van der Waals surface area contributed by atoms with Gasteiger partial charge in [-0.3, -0.25) is 0 Å². The van der Waals surface area contributed by atoms with Crippen molar-refractivity contribution >= 4 is 0 Å². The lowest BCUT2D eigenvalue weighted by Crippen LogP contribution is -2.24. The number of halogens is 2. The van der Waals surface area contributed by atoms with Crippen molar-refractivity contribution < 1.29 is 8.78 Å². The molecule has 2 aromatic rings. The minimum Gasteiger partial charge on any atom is -0.338 e. The SMILES string of the molecule is Cn1ccnc1CCC(N)Cc1cccc(F)c1F. The van der Waals surface area contributed by atoms with Gasteiger partial charge in [0.2, 0.25) is 0 Å². The quantitative estimate of drug-likeness (QED) is 0.900. The highest BCUT2D eigenvalue weighted by atomic mass is 19.2. The van der Waals surface area contributed by atoms with Gasteiger partial charge in [-0.15, -0.1) is 0 Å². The summed E-state index contributed by atoms with van der Waals surface area (Å²) in [5.74, 6) is -0.682. The molecule has 2 N–H and O–H groups in total. The minimum absolute atomic E-state index is 0.215. The summed E-state index contributed by atoms with van der Waals surface area (Å²) in [6.07, 6.45) is 5.33. The lowest BCUT2D eigenvalue weighted by molar-refractivity contribution is 0.489. The number of benzene rings is 1. The predicted octanol–water partition coefficient (Wildman–Crippen LogP) is 2.20. The monoisotopic (exact) mass is 265 g/mol. The predicted molar refractivity (Wildman–Crippen MR) is 69.6 cm³/mol. The summed E-state index contributed by atoms with van der Waals surface area (Å²) >= 11 is 0. The molecule has 1 unspecified atom stereocenters. The van der Waals surface area contributed by atoms with E-state index in [1.807, 2.05) is 17.8 Å². The Morgan fingerprint density at radius 3 is 2.84 bits per heavy atom. The number of nitrogens with zero attached hydrogens (tertiary/aromatic N) is 2. The van der Waals surface area contributed by atoms with E-state index >= 15 is 0 Å². The van der Waals surface area contributed by atoms with E-state index < -0.39 is 11.6 Å². The molecule has 0 amide bonds. The average Bonchev–Trinajstić information content (AvgIpc) is 2.78. The largest absolute Gasteiger partial charge is 0.338 e. The topological polar surface area (TPSA) is 43.8 Å². The molecule has 0 saturated carbocycles. The summed E-state index contributed by atoms with van der Waals surface area (Å²) < 4.78 is 28.5. The van der Waals surface area contributed by atoms with Gasteiger partial charge in [-0.05, 0) is 24.5 Å². The Morgan fingerprint density at radius 1 is 1.37 bits per heavy atom. The van der Waals surface area contributed by atoms with E-state index in [1.54, 1.807) is 12.3 Å². The zero-order valence-electron chi connectivity index (χ0n) is 10.8. The first kappa shape index (κ1) is 13.7. The maximum atomic E-state index is 13.5. The molecule has 0 aliphatic carbocycles. The van der Waals surface area contributed by atoms with Gasteiger partial charge in [0, 0.05) is 31.9 Å². The number of rotatable bonds is 5. The van der Waals surface area contributed by atoms with Crippen LogP contribution in [0, 0.1) is 11.6 Å². The van der Waals surface area contributed by atoms with E-state index in [0.29, 0.717) is 18.4 Å². The third-order valence-corrected chi connectivity index (χ3v) is 3.17. The lowest BCUT2D eigenvalue weighted by Gasteiger charge is -2.12.